The van der Waals surface area contributed by atoms with Gasteiger partial charge in [0.05, 0.1) is 5.38 Å². The number of aryl methyl sites for hydroxylation is 1. The predicted octanol–water partition coefficient (Wildman–Crippen LogP) is 4.38. The van der Waals surface area contributed by atoms with Crippen LogP contribution in [0.25, 0.3) is 0 Å². The van der Waals surface area contributed by atoms with Gasteiger partial charge in [-0.2, -0.15) is 0 Å². The molecule has 0 spiro atoms. The predicted molar refractivity (Wildman–Crippen MR) is 57.1 cm³/mol. The van der Waals surface area contributed by atoms with Gasteiger partial charge in [0.15, 0.2) is 0 Å². The van der Waals surface area contributed by atoms with Crippen LogP contribution in [0.5, 0.6) is 0 Å². The Kier molecular flexibility index (Phi) is 3.60. The molecule has 1 rings (SSSR count). The van der Waals surface area contributed by atoms with Crippen molar-refractivity contribution in [1.29, 1.82) is 0 Å². The molecule has 0 fully saturated rings. The maximum Gasteiger partial charge on any atom is 0.0681 e. The zero-order valence-electron chi connectivity index (χ0n) is 7.80. The van der Waals surface area contributed by atoms with Crippen molar-refractivity contribution in [1.82, 2.24) is 0 Å². The van der Waals surface area contributed by atoms with Crippen molar-refractivity contribution in [3.05, 3.63) is 21.9 Å². The Morgan fingerprint density at radius 1 is 1.42 bits per heavy atom. The molecule has 0 saturated carbocycles. The summed E-state index contributed by atoms with van der Waals surface area (Å²) in [6.45, 7) is 6.53. The van der Waals surface area contributed by atoms with E-state index in [1.165, 1.54) is 9.75 Å². The van der Waals surface area contributed by atoms with Crippen molar-refractivity contribution in [2.75, 3.05) is 0 Å². The Morgan fingerprint density at radius 3 is 2.50 bits per heavy atom. The smallest absolute Gasteiger partial charge is 0.0681 e. The van der Waals surface area contributed by atoms with Gasteiger partial charge in [0.25, 0.3) is 0 Å². The van der Waals surface area contributed by atoms with E-state index in [1.807, 2.05) is 0 Å². The Hall–Kier alpha value is -0.0100. The maximum absolute atomic E-state index is 6.22. The van der Waals surface area contributed by atoms with E-state index in [-0.39, 0.29) is 5.38 Å². The number of thiophene rings is 1. The van der Waals surface area contributed by atoms with Crippen molar-refractivity contribution in [2.45, 2.75) is 32.6 Å². The van der Waals surface area contributed by atoms with Gasteiger partial charge in [-0.25, -0.2) is 0 Å². The van der Waals surface area contributed by atoms with Gasteiger partial charge in [-0.1, -0.05) is 13.8 Å². The van der Waals surface area contributed by atoms with Crippen molar-refractivity contribution in [3.63, 3.8) is 0 Å². The highest BCUT2D eigenvalue weighted by Crippen LogP contribution is 2.32. The Morgan fingerprint density at radius 2 is 2.08 bits per heavy atom. The highest BCUT2D eigenvalue weighted by molar-refractivity contribution is 7.12. The first-order valence-corrected chi connectivity index (χ1v) is 5.55. The van der Waals surface area contributed by atoms with Crippen LogP contribution in [0.4, 0.5) is 0 Å². The molecule has 0 radical (unpaired) electrons. The molecule has 0 aliphatic heterocycles. The molecule has 1 aromatic rings. The van der Waals surface area contributed by atoms with Gasteiger partial charge in [-0.05, 0) is 31.4 Å². The first-order valence-electron chi connectivity index (χ1n) is 4.30. The normalized spacial score (nSPS) is 13.8. The Labute approximate surface area is 83.6 Å². The molecule has 2 heteroatoms. The van der Waals surface area contributed by atoms with Crippen molar-refractivity contribution in [3.8, 4) is 0 Å². The van der Waals surface area contributed by atoms with E-state index in [2.05, 4.69) is 32.9 Å². The summed E-state index contributed by atoms with van der Waals surface area (Å²) in [7, 11) is 0. The summed E-state index contributed by atoms with van der Waals surface area (Å²) in [5.74, 6) is 0.676. The van der Waals surface area contributed by atoms with Crippen LogP contribution in [0.15, 0.2) is 12.1 Å². The summed E-state index contributed by atoms with van der Waals surface area (Å²) in [4.78, 5) is 2.65. The summed E-state index contributed by atoms with van der Waals surface area (Å²) in [5, 5.41) is 0.212. The lowest BCUT2D eigenvalue weighted by molar-refractivity contribution is 0.578. The van der Waals surface area contributed by atoms with E-state index >= 15 is 0 Å². The molecule has 68 valence electrons. The second-order valence-corrected chi connectivity index (χ2v) is 5.39. The SMILES string of the molecule is Cc1ccc(C(Cl)CC(C)C)s1. The zero-order chi connectivity index (χ0) is 9.14. The molecule has 12 heavy (non-hydrogen) atoms. The molecule has 0 aromatic carbocycles. The van der Waals surface area contributed by atoms with E-state index in [0.29, 0.717) is 5.92 Å². The second-order valence-electron chi connectivity index (χ2n) is 3.55. The molecule has 1 aromatic heterocycles. The third-order valence-corrected chi connectivity index (χ3v) is 3.41. The molecule has 1 atom stereocenters. The highest BCUT2D eigenvalue weighted by atomic mass is 35.5. The van der Waals surface area contributed by atoms with Crippen LogP contribution >= 0.6 is 22.9 Å². The maximum atomic E-state index is 6.22. The van der Waals surface area contributed by atoms with Crippen LogP contribution in [0.3, 0.4) is 0 Å². The minimum absolute atomic E-state index is 0.212. The highest BCUT2D eigenvalue weighted by Gasteiger charge is 2.11. The number of alkyl halides is 1. The standard InChI is InChI=1S/C10H15ClS/c1-7(2)6-9(11)10-5-4-8(3)12-10/h4-5,7,9H,6H2,1-3H3. The quantitative estimate of drug-likeness (QED) is 0.639. The lowest BCUT2D eigenvalue weighted by Gasteiger charge is -2.09. The lowest BCUT2D eigenvalue weighted by Crippen LogP contribution is -1.93. The van der Waals surface area contributed by atoms with E-state index in [0.717, 1.165) is 6.42 Å². The molecule has 1 heterocycles. The van der Waals surface area contributed by atoms with E-state index in [9.17, 15) is 0 Å². The summed E-state index contributed by atoms with van der Waals surface area (Å²) in [5.41, 5.74) is 0. The van der Waals surface area contributed by atoms with E-state index < -0.39 is 0 Å². The van der Waals surface area contributed by atoms with Gasteiger partial charge in [-0.15, -0.1) is 22.9 Å². The van der Waals surface area contributed by atoms with Gasteiger partial charge in [0.1, 0.15) is 0 Å². The molecule has 0 bridgehead atoms. The Balaban J connectivity index is 2.58. The molecule has 0 amide bonds. The van der Waals surface area contributed by atoms with E-state index in [1.54, 1.807) is 11.3 Å². The van der Waals surface area contributed by atoms with Gasteiger partial charge >= 0.3 is 0 Å². The monoisotopic (exact) mass is 202 g/mol. The average Bonchev–Trinajstić information content (AvgIpc) is 2.34. The summed E-state index contributed by atoms with van der Waals surface area (Å²) in [6.07, 6.45) is 1.07. The number of hydrogen-bond donors (Lipinski definition) is 0. The van der Waals surface area contributed by atoms with Crippen molar-refractivity contribution >= 4 is 22.9 Å². The number of hydrogen-bond acceptors (Lipinski definition) is 1. The van der Waals surface area contributed by atoms with Crippen LogP contribution in [-0.2, 0) is 0 Å². The average molecular weight is 203 g/mol. The first kappa shape index (κ1) is 10.1. The number of halogens is 1. The third kappa shape index (κ3) is 2.80. The molecule has 0 nitrogen and oxygen atoms in total. The van der Waals surface area contributed by atoms with Gasteiger partial charge in [0.2, 0.25) is 0 Å². The van der Waals surface area contributed by atoms with Gasteiger partial charge in [-0.3, -0.25) is 0 Å². The second kappa shape index (κ2) is 4.29. The number of rotatable bonds is 3. The summed E-state index contributed by atoms with van der Waals surface area (Å²) in [6, 6.07) is 4.27. The van der Waals surface area contributed by atoms with Crippen LogP contribution in [-0.4, -0.2) is 0 Å². The molecule has 0 aliphatic rings. The fourth-order valence-electron chi connectivity index (χ4n) is 1.15. The van der Waals surface area contributed by atoms with Crippen molar-refractivity contribution < 1.29 is 0 Å². The molecule has 0 saturated heterocycles. The molecular weight excluding hydrogens is 188 g/mol. The third-order valence-electron chi connectivity index (χ3n) is 1.75. The topological polar surface area (TPSA) is 0 Å². The molecular formula is C10H15ClS. The largest absolute Gasteiger partial charge is 0.144 e. The van der Waals surface area contributed by atoms with Gasteiger partial charge < -0.3 is 0 Å². The fourth-order valence-corrected chi connectivity index (χ4v) is 2.58. The lowest BCUT2D eigenvalue weighted by atomic mass is 10.1. The van der Waals surface area contributed by atoms with E-state index in [4.69, 9.17) is 11.6 Å². The van der Waals surface area contributed by atoms with Crippen molar-refractivity contribution in [2.24, 2.45) is 5.92 Å². The Bertz CT molecular complexity index is 240. The molecule has 0 aliphatic carbocycles. The van der Waals surface area contributed by atoms with Crippen LogP contribution in [0.2, 0.25) is 0 Å². The van der Waals surface area contributed by atoms with Crippen LogP contribution < -0.4 is 0 Å². The molecule has 0 N–H and O–H groups in total. The summed E-state index contributed by atoms with van der Waals surface area (Å²) >= 11 is 8.03. The summed E-state index contributed by atoms with van der Waals surface area (Å²) < 4.78 is 0. The van der Waals surface area contributed by atoms with Crippen LogP contribution in [0, 0.1) is 12.8 Å². The minimum atomic E-state index is 0.212. The molecule has 1 unspecified atom stereocenters. The van der Waals surface area contributed by atoms with Gasteiger partial charge in [0, 0.05) is 9.75 Å². The van der Waals surface area contributed by atoms with Crippen LogP contribution in [0.1, 0.15) is 35.4 Å². The zero-order valence-corrected chi connectivity index (χ0v) is 9.38. The first-order chi connectivity index (χ1) is 5.59. The fraction of sp³-hybridized carbons (Fsp3) is 0.600. The minimum Gasteiger partial charge on any atom is -0.144 e.